The number of benzene rings is 1. The topological polar surface area (TPSA) is 115 Å². The van der Waals surface area contributed by atoms with Gasteiger partial charge in [0.1, 0.15) is 5.75 Å². The smallest absolute Gasteiger partial charge is 0.242 e. The van der Waals surface area contributed by atoms with E-state index in [1.165, 1.54) is 0 Å². The average molecular weight is 432 g/mol. The minimum atomic E-state index is -0.143. The molecule has 0 fully saturated rings. The number of ether oxygens (including phenoxy) is 1. The Bertz CT molecular complexity index is 1300. The third kappa shape index (κ3) is 4.09. The normalized spacial score (nSPS) is 11.0. The van der Waals surface area contributed by atoms with E-state index >= 15 is 0 Å². The van der Waals surface area contributed by atoms with E-state index in [4.69, 9.17) is 4.74 Å². The predicted octanol–water partition coefficient (Wildman–Crippen LogP) is 3.33. The number of carbonyl (C=O) groups excluding carboxylic acids is 1. The van der Waals surface area contributed by atoms with Gasteiger partial charge in [-0.05, 0) is 43.5 Å². The molecule has 3 aromatic heterocycles. The number of methoxy groups -OCH3 is 1. The molecule has 0 unspecified atom stereocenters. The molecular formula is C23H24N6O3. The number of rotatable bonds is 6. The summed E-state index contributed by atoms with van der Waals surface area (Å²) >= 11 is 0. The van der Waals surface area contributed by atoms with Gasteiger partial charge in [-0.15, -0.1) is 5.10 Å². The van der Waals surface area contributed by atoms with E-state index < -0.39 is 0 Å². The maximum Gasteiger partial charge on any atom is 0.242 e. The van der Waals surface area contributed by atoms with Crippen molar-refractivity contribution >= 4 is 22.6 Å². The zero-order valence-electron chi connectivity index (χ0n) is 18.4. The summed E-state index contributed by atoms with van der Waals surface area (Å²) in [4.78, 5) is 25.7. The number of nitrogens with one attached hydrogen (secondary N) is 1. The Balaban J connectivity index is 1.46. The van der Waals surface area contributed by atoms with Gasteiger partial charge >= 0.3 is 0 Å². The van der Waals surface area contributed by atoms with Gasteiger partial charge in [-0.1, -0.05) is 12.1 Å². The van der Waals surface area contributed by atoms with Gasteiger partial charge in [0.05, 0.1) is 30.6 Å². The number of nitrogens with zero attached hydrogens (tertiary/aromatic N) is 5. The number of carbonyl (C=O) groups is 1. The van der Waals surface area contributed by atoms with Crippen LogP contribution in [0.5, 0.6) is 11.6 Å². The van der Waals surface area contributed by atoms with Gasteiger partial charge in [0.2, 0.25) is 11.8 Å². The van der Waals surface area contributed by atoms with E-state index in [0.717, 1.165) is 27.9 Å². The Kier molecular flexibility index (Phi) is 5.72. The molecule has 9 nitrogen and oxygen atoms in total. The zero-order valence-corrected chi connectivity index (χ0v) is 18.4. The highest BCUT2D eigenvalue weighted by Gasteiger charge is 2.18. The molecule has 0 saturated carbocycles. The summed E-state index contributed by atoms with van der Waals surface area (Å²) in [5, 5.41) is 17.7. The van der Waals surface area contributed by atoms with Crippen molar-refractivity contribution in [2.75, 3.05) is 12.4 Å². The number of phenols is 1. The van der Waals surface area contributed by atoms with Crippen LogP contribution >= 0.6 is 0 Å². The number of phenolic OH excluding ortho intramolecular Hbond substituents is 1. The molecule has 0 spiro atoms. The monoisotopic (exact) mass is 432 g/mol. The van der Waals surface area contributed by atoms with Crippen LogP contribution in [0.25, 0.3) is 22.4 Å². The highest BCUT2D eigenvalue weighted by molar-refractivity contribution is 5.91. The molecule has 0 aliphatic heterocycles. The Hall–Kier alpha value is -4.01. The molecule has 1 amide bonds. The molecule has 0 atom stereocenters. The van der Waals surface area contributed by atoms with Gasteiger partial charge in [0, 0.05) is 24.7 Å². The van der Waals surface area contributed by atoms with Crippen molar-refractivity contribution in [3.63, 3.8) is 0 Å². The molecule has 0 bridgehead atoms. The standard InChI is InChI=1S/C23H24N6O3/c1-13-18(14(2)26-22-20(13)23(32-4)28-29(22)3)8-9-19(31)27-16-11-24-21(25-12-16)15-6-5-7-17(30)10-15/h5-7,10-12,30H,8-9H2,1-4H3,(H,27,31). The summed E-state index contributed by atoms with van der Waals surface area (Å²) in [7, 11) is 3.42. The molecule has 1 aromatic carbocycles. The van der Waals surface area contributed by atoms with E-state index in [0.29, 0.717) is 29.4 Å². The lowest BCUT2D eigenvalue weighted by atomic mass is 10.00. The number of amides is 1. The van der Waals surface area contributed by atoms with Crippen LogP contribution in [-0.2, 0) is 18.3 Å². The number of hydrogen-bond donors (Lipinski definition) is 2. The lowest BCUT2D eigenvalue weighted by molar-refractivity contribution is -0.116. The molecule has 4 aromatic rings. The van der Waals surface area contributed by atoms with Crippen LogP contribution in [0.1, 0.15) is 23.2 Å². The first-order chi connectivity index (χ1) is 15.4. The number of aryl methyl sites for hydroxylation is 3. The van der Waals surface area contributed by atoms with Crippen molar-refractivity contribution in [1.82, 2.24) is 24.7 Å². The summed E-state index contributed by atoms with van der Waals surface area (Å²) in [6.07, 6.45) is 3.92. The first kappa shape index (κ1) is 21.2. The van der Waals surface area contributed by atoms with E-state index in [1.807, 2.05) is 20.9 Å². The molecule has 3 heterocycles. The summed E-state index contributed by atoms with van der Waals surface area (Å²) in [5.74, 6) is 0.999. The molecule has 2 N–H and O–H groups in total. The summed E-state index contributed by atoms with van der Waals surface area (Å²) < 4.78 is 7.10. The van der Waals surface area contributed by atoms with Gasteiger partial charge in [-0.25, -0.2) is 19.6 Å². The number of aromatic hydroxyl groups is 1. The molecule has 164 valence electrons. The molecule has 4 rings (SSSR count). The Morgan fingerprint density at radius 3 is 2.66 bits per heavy atom. The van der Waals surface area contributed by atoms with Crippen LogP contribution in [0.4, 0.5) is 5.69 Å². The van der Waals surface area contributed by atoms with Gasteiger partial charge in [-0.3, -0.25) is 4.79 Å². The number of aromatic nitrogens is 5. The Labute approximate surface area is 185 Å². The van der Waals surface area contributed by atoms with Gasteiger partial charge in [0.15, 0.2) is 11.5 Å². The van der Waals surface area contributed by atoms with Crippen molar-refractivity contribution in [1.29, 1.82) is 0 Å². The average Bonchev–Trinajstić information content (AvgIpc) is 3.09. The van der Waals surface area contributed by atoms with Gasteiger partial charge in [0.25, 0.3) is 0 Å². The second-order valence-corrected chi connectivity index (χ2v) is 7.53. The van der Waals surface area contributed by atoms with Crippen LogP contribution in [-0.4, -0.2) is 42.9 Å². The second-order valence-electron chi connectivity index (χ2n) is 7.53. The third-order valence-corrected chi connectivity index (χ3v) is 5.36. The molecule has 0 radical (unpaired) electrons. The molecule has 32 heavy (non-hydrogen) atoms. The van der Waals surface area contributed by atoms with Gasteiger partial charge in [-0.2, -0.15) is 0 Å². The van der Waals surface area contributed by atoms with Crippen LogP contribution in [0.2, 0.25) is 0 Å². The fraction of sp³-hybridized carbons (Fsp3) is 0.261. The summed E-state index contributed by atoms with van der Waals surface area (Å²) in [6, 6.07) is 6.70. The van der Waals surface area contributed by atoms with E-state index in [-0.39, 0.29) is 18.1 Å². The van der Waals surface area contributed by atoms with Crippen LogP contribution in [0, 0.1) is 13.8 Å². The van der Waals surface area contributed by atoms with Crippen molar-refractivity contribution in [3.05, 3.63) is 53.5 Å². The van der Waals surface area contributed by atoms with Crippen molar-refractivity contribution < 1.29 is 14.6 Å². The SMILES string of the molecule is COc1nn(C)c2nc(C)c(CCC(=O)Nc3cnc(-c4cccc(O)c4)nc3)c(C)c12. The van der Waals surface area contributed by atoms with Crippen molar-refractivity contribution in [3.8, 4) is 23.0 Å². The Morgan fingerprint density at radius 1 is 1.22 bits per heavy atom. The second kappa shape index (κ2) is 8.62. The molecule has 0 aliphatic carbocycles. The van der Waals surface area contributed by atoms with Crippen LogP contribution in [0.15, 0.2) is 36.7 Å². The fourth-order valence-corrected chi connectivity index (χ4v) is 3.76. The zero-order chi connectivity index (χ0) is 22.8. The largest absolute Gasteiger partial charge is 0.508 e. The molecule has 0 aliphatic rings. The fourth-order valence-electron chi connectivity index (χ4n) is 3.76. The first-order valence-corrected chi connectivity index (χ1v) is 10.2. The van der Waals surface area contributed by atoms with Crippen LogP contribution in [0.3, 0.4) is 0 Å². The number of fused-ring (bicyclic) bond motifs is 1. The van der Waals surface area contributed by atoms with E-state index in [2.05, 4.69) is 25.4 Å². The van der Waals surface area contributed by atoms with Gasteiger partial charge < -0.3 is 15.2 Å². The third-order valence-electron chi connectivity index (χ3n) is 5.36. The summed E-state index contributed by atoms with van der Waals surface area (Å²) in [6.45, 7) is 3.94. The quantitative estimate of drug-likeness (QED) is 0.480. The highest BCUT2D eigenvalue weighted by atomic mass is 16.5. The number of hydrogen-bond acceptors (Lipinski definition) is 7. The lowest BCUT2D eigenvalue weighted by Gasteiger charge is -2.11. The Morgan fingerprint density at radius 2 is 1.97 bits per heavy atom. The predicted molar refractivity (Wildman–Crippen MR) is 121 cm³/mol. The molecule has 9 heteroatoms. The maximum absolute atomic E-state index is 12.5. The maximum atomic E-state index is 12.5. The number of anilines is 1. The van der Waals surface area contributed by atoms with Crippen LogP contribution < -0.4 is 10.1 Å². The lowest BCUT2D eigenvalue weighted by Crippen LogP contribution is -2.14. The number of pyridine rings is 1. The highest BCUT2D eigenvalue weighted by Crippen LogP contribution is 2.30. The van der Waals surface area contributed by atoms with Crippen molar-refractivity contribution in [2.24, 2.45) is 7.05 Å². The minimum Gasteiger partial charge on any atom is -0.508 e. The molecular weight excluding hydrogens is 408 g/mol. The summed E-state index contributed by atoms with van der Waals surface area (Å²) in [5.41, 5.74) is 4.86. The first-order valence-electron chi connectivity index (χ1n) is 10.2. The minimum absolute atomic E-state index is 0.143. The molecule has 0 saturated heterocycles. The van der Waals surface area contributed by atoms with E-state index in [1.54, 1.807) is 48.5 Å². The van der Waals surface area contributed by atoms with Crippen molar-refractivity contribution in [2.45, 2.75) is 26.7 Å². The van der Waals surface area contributed by atoms with E-state index in [9.17, 15) is 9.90 Å².